The van der Waals surface area contributed by atoms with Gasteiger partial charge in [-0.1, -0.05) is 34.6 Å². The molecule has 0 aliphatic carbocycles. The lowest BCUT2D eigenvalue weighted by Gasteiger charge is -2.26. The lowest BCUT2D eigenvalue weighted by molar-refractivity contribution is 0.309. The van der Waals surface area contributed by atoms with E-state index in [9.17, 15) is 10.5 Å². The van der Waals surface area contributed by atoms with Gasteiger partial charge in [-0.05, 0) is 44.4 Å². The van der Waals surface area contributed by atoms with Gasteiger partial charge in [0.2, 0.25) is 0 Å². The van der Waals surface area contributed by atoms with Gasteiger partial charge in [-0.2, -0.15) is 20.8 Å². The molecule has 0 aliphatic heterocycles. The van der Waals surface area contributed by atoms with Crippen LogP contribution >= 0.6 is 0 Å². The van der Waals surface area contributed by atoms with Crippen LogP contribution < -0.4 is 0 Å². The van der Waals surface area contributed by atoms with Gasteiger partial charge in [0.15, 0.2) is 11.1 Å². The Morgan fingerprint density at radius 2 is 1.45 bits per heavy atom. The van der Waals surface area contributed by atoms with Crippen molar-refractivity contribution >= 4 is 0 Å². The highest BCUT2D eigenvalue weighted by Gasteiger charge is 2.34. The van der Waals surface area contributed by atoms with Crippen molar-refractivity contribution in [1.29, 1.82) is 10.5 Å². The van der Waals surface area contributed by atoms with Crippen LogP contribution in [-0.4, -0.2) is 11.1 Å². The number of hydrogen-bond acceptors (Lipinski definition) is 4. The Morgan fingerprint density at radius 1 is 0.900 bits per heavy atom. The smallest absolute Gasteiger partial charge is 0.167 e. The number of nitriles is 2. The minimum absolute atomic E-state index is 0.109. The molecule has 3 atom stereocenters. The largest absolute Gasteiger partial charge is 0.196 e. The number of hydrogen-bond donors (Lipinski definition) is 0. The zero-order valence-electron chi connectivity index (χ0n) is 13.9. The molecule has 0 saturated carbocycles. The SMILES string of the molecule is CC(C)CC(C)C(C)(C#N)N=NC(C)(C#N)CC(C)C. The van der Waals surface area contributed by atoms with Gasteiger partial charge in [-0.25, -0.2) is 0 Å². The number of nitrogens with zero attached hydrogens (tertiary/aromatic N) is 4. The molecule has 0 bridgehead atoms. The minimum Gasteiger partial charge on any atom is -0.196 e. The van der Waals surface area contributed by atoms with E-state index in [4.69, 9.17) is 0 Å². The third kappa shape index (κ3) is 5.70. The van der Waals surface area contributed by atoms with Gasteiger partial charge < -0.3 is 0 Å². The summed E-state index contributed by atoms with van der Waals surface area (Å²) in [6.45, 7) is 14.0. The van der Waals surface area contributed by atoms with Crippen LogP contribution in [0, 0.1) is 40.4 Å². The first-order valence-electron chi connectivity index (χ1n) is 7.35. The van der Waals surface area contributed by atoms with E-state index in [1.165, 1.54) is 0 Å². The number of azo groups is 1. The van der Waals surface area contributed by atoms with Crippen LogP contribution in [0.4, 0.5) is 0 Å². The van der Waals surface area contributed by atoms with Gasteiger partial charge in [0.25, 0.3) is 0 Å². The Morgan fingerprint density at radius 3 is 1.80 bits per heavy atom. The molecule has 0 fully saturated rings. The predicted octanol–water partition coefficient (Wildman–Crippen LogP) is 4.73. The minimum atomic E-state index is -0.862. The van der Waals surface area contributed by atoms with E-state index in [-0.39, 0.29) is 5.92 Å². The standard InChI is InChI=1S/C16H28N4/c1-12(2)8-14(5)16(7,11-18)20-19-15(6,10-17)9-13(3)4/h12-14H,8-9H2,1-7H3. The van der Waals surface area contributed by atoms with Crippen molar-refractivity contribution < 1.29 is 0 Å². The molecule has 4 nitrogen and oxygen atoms in total. The Labute approximate surface area is 123 Å². The highest BCUT2D eigenvalue weighted by molar-refractivity contribution is 5.09. The van der Waals surface area contributed by atoms with Gasteiger partial charge >= 0.3 is 0 Å². The van der Waals surface area contributed by atoms with Crippen LogP contribution in [0.5, 0.6) is 0 Å². The van der Waals surface area contributed by atoms with Crippen LogP contribution in [0.15, 0.2) is 10.2 Å². The van der Waals surface area contributed by atoms with Gasteiger partial charge in [-0.3, -0.25) is 0 Å². The van der Waals surface area contributed by atoms with Crippen molar-refractivity contribution in [2.45, 2.75) is 72.4 Å². The normalized spacial score (nSPS) is 19.4. The Kier molecular flexibility index (Phi) is 6.86. The summed E-state index contributed by atoms with van der Waals surface area (Å²) in [4.78, 5) is 0. The summed E-state index contributed by atoms with van der Waals surface area (Å²) in [6, 6.07) is 4.48. The van der Waals surface area contributed by atoms with Gasteiger partial charge in [0.1, 0.15) is 0 Å². The van der Waals surface area contributed by atoms with Crippen molar-refractivity contribution in [3.8, 4) is 12.1 Å². The summed E-state index contributed by atoms with van der Waals surface area (Å²) in [5.41, 5.74) is -1.71. The summed E-state index contributed by atoms with van der Waals surface area (Å²) in [7, 11) is 0. The van der Waals surface area contributed by atoms with Crippen LogP contribution in [-0.2, 0) is 0 Å². The van der Waals surface area contributed by atoms with E-state index in [1.54, 1.807) is 13.8 Å². The first-order valence-corrected chi connectivity index (χ1v) is 7.35. The first kappa shape index (κ1) is 18.6. The molecule has 0 aromatic heterocycles. The fraction of sp³-hybridized carbons (Fsp3) is 0.875. The summed E-state index contributed by atoms with van der Waals surface area (Å²) in [6.07, 6.45) is 1.56. The molecule has 20 heavy (non-hydrogen) atoms. The topological polar surface area (TPSA) is 72.3 Å². The lowest BCUT2D eigenvalue weighted by Crippen LogP contribution is -2.31. The van der Waals surface area contributed by atoms with E-state index < -0.39 is 11.1 Å². The van der Waals surface area contributed by atoms with Gasteiger partial charge in [-0.15, -0.1) is 0 Å². The van der Waals surface area contributed by atoms with Crippen molar-refractivity contribution in [3.05, 3.63) is 0 Å². The zero-order valence-corrected chi connectivity index (χ0v) is 13.9. The highest BCUT2D eigenvalue weighted by atomic mass is 15.2. The predicted molar refractivity (Wildman–Crippen MR) is 81.0 cm³/mol. The van der Waals surface area contributed by atoms with E-state index in [2.05, 4.69) is 50.1 Å². The first-order chi connectivity index (χ1) is 9.08. The molecular weight excluding hydrogens is 248 g/mol. The quantitative estimate of drug-likeness (QED) is 0.630. The third-order valence-electron chi connectivity index (χ3n) is 3.54. The van der Waals surface area contributed by atoms with Crippen LogP contribution in [0.3, 0.4) is 0 Å². The van der Waals surface area contributed by atoms with Gasteiger partial charge in [0, 0.05) is 0 Å². The molecule has 4 heteroatoms. The van der Waals surface area contributed by atoms with E-state index >= 15 is 0 Å². The van der Waals surface area contributed by atoms with E-state index in [0.717, 1.165) is 6.42 Å². The molecule has 3 unspecified atom stereocenters. The molecule has 0 aliphatic rings. The average Bonchev–Trinajstić information content (AvgIpc) is 2.34. The molecule has 0 saturated heterocycles. The molecule has 0 aromatic rings. The lowest BCUT2D eigenvalue weighted by atomic mass is 9.83. The van der Waals surface area contributed by atoms with Crippen molar-refractivity contribution in [2.75, 3.05) is 0 Å². The molecule has 0 N–H and O–H groups in total. The molecule has 0 heterocycles. The Balaban J connectivity index is 5.16. The summed E-state index contributed by atoms with van der Waals surface area (Å²) >= 11 is 0. The maximum absolute atomic E-state index is 9.43. The Bertz CT molecular complexity index is 413. The van der Waals surface area contributed by atoms with Crippen molar-refractivity contribution in [3.63, 3.8) is 0 Å². The van der Waals surface area contributed by atoms with Crippen molar-refractivity contribution in [2.24, 2.45) is 28.0 Å². The molecule has 0 amide bonds. The maximum atomic E-state index is 9.43. The molecular formula is C16H28N4. The zero-order chi connectivity index (χ0) is 16.0. The molecule has 0 rings (SSSR count). The molecule has 0 radical (unpaired) electrons. The maximum Gasteiger partial charge on any atom is 0.167 e. The summed E-state index contributed by atoms with van der Waals surface area (Å²) in [5.74, 6) is 0.976. The van der Waals surface area contributed by atoms with Crippen molar-refractivity contribution in [1.82, 2.24) is 0 Å². The molecule has 0 aromatic carbocycles. The van der Waals surface area contributed by atoms with Crippen LogP contribution in [0.1, 0.15) is 61.3 Å². The third-order valence-corrected chi connectivity index (χ3v) is 3.54. The van der Waals surface area contributed by atoms with Crippen LogP contribution in [0.25, 0.3) is 0 Å². The Hall–Kier alpha value is -1.42. The average molecular weight is 276 g/mol. The van der Waals surface area contributed by atoms with Crippen LogP contribution in [0.2, 0.25) is 0 Å². The second kappa shape index (κ2) is 7.39. The van der Waals surface area contributed by atoms with E-state index in [0.29, 0.717) is 18.3 Å². The van der Waals surface area contributed by atoms with E-state index in [1.807, 2.05) is 6.92 Å². The van der Waals surface area contributed by atoms with Gasteiger partial charge in [0.05, 0.1) is 12.1 Å². The second-order valence-corrected chi connectivity index (χ2v) is 6.97. The summed E-state index contributed by atoms with van der Waals surface area (Å²) < 4.78 is 0. The highest BCUT2D eigenvalue weighted by Crippen LogP contribution is 2.30. The molecule has 112 valence electrons. The summed E-state index contributed by atoms with van der Waals surface area (Å²) in [5, 5.41) is 27.2. The second-order valence-electron chi connectivity index (χ2n) is 6.97. The number of rotatable bonds is 7. The monoisotopic (exact) mass is 276 g/mol. The molecule has 0 spiro atoms. The fourth-order valence-electron chi connectivity index (χ4n) is 2.29. The fourth-order valence-corrected chi connectivity index (χ4v) is 2.29.